The van der Waals surface area contributed by atoms with E-state index in [2.05, 4.69) is 11.9 Å². The van der Waals surface area contributed by atoms with E-state index in [0.29, 0.717) is 18.6 Å². The molecule has 0 saturated heterocycles. The van der Waals surface area contributed by atoms with Gasteiger partial charge in [0.15, 0.2) is 0 Å². The Morgan fingerprint density at radius 3 is 2.44 bits per heavy atom. The Morgan fingerprint density at radius 2 is 1.83 bits per heavy atom. The van der Waals surface area contributed by atoms with Crippen molar-refractivity contribution in [3.8, 4) is 0 Å². The fraction of sp³-hybridized carbons (Fsp3) is 0.600. The van der Waals surface area contributed by atoms with Crippen LogP contribution in [0.2, 0.25) is 0 Å². The molecule has 0 spiro atoms. The van der Waals surface area contributed by atoms with Crippen LogP contribution < -0.4 is 5.73 Å². The summed E-state index contributed by atoms with van der Waals surface area (Å²) in [5.41, 5.74) is 6.92. The van der Waals surface area contributed by atoms with Crippen LogP contribution in [0.4, 0.5) is 0 Å². The van der Waals surface area contributed by atoms with Crippen LogP contribution in [0.5, 0.6) is 0 Å². The van der Waals surface area contributed by atoms with E-state index in [0.717, 1.165) is 31.2 Å². The average molecular weight is 248 g/mol. The number of aliphatic hydroxyl groups excluding tert-OH is 1. The van der Waals surface area contributed by atoms with Crippen LogP contribution in [0.25, 0.3) is 0 Å². The van der Waals surface area contributed by atoms with Gasteiger partial charge in [-0.15, -0.1) is 0 Å². The highest BCUT2D eigenvalue weighted by molar-refractivity contribution is 5.17. The maximum atomic E-state index is 10.2. The van der Waals surface area contributed by atoms with Gasteiger partial charge < -0.3 is 15.7 Å². The van der Waals surface area contributed by atoms with Gasteiger partial charge in [-0.3, -0.25) is 0 Å². The van der Waals surface area contributed by atoms with Crippen molar-refractivity contribution in [3.63, 3.8) is 0 Å². The van der Waals surface area contributed by atoms with Crippen molar-refractivity contribution in [1.29, 1.82) is 0 Å². The quantitative estimate of drug-likeness (QED) is 0.856. The standard InChI is InChI=1S/C15H24N2O/c1-17(14-9-7-13(16)8-10-14)11-15(18)12-5-3-2-4-6-12/h2-6,13-15,18H,7-11,16H2,1H3. The van der Waals surface area contributed by atoms with Crippen LogP contribution in [-0.2, 0) is 0 Å². The van der Waals surface area contributed by atoms with Crippen molar-refractivity contribution in [2.45, 2.75) is 43.9 Å². The first-order valence-corrected chi connectivity index (χ1v) is 6.85. The summed E-state index contributed by atoms with van der Waals surface area (Å²) in [5.74, 6) is 0. The minimum atomic E-state index is -0.396. The Balaban J connectivity index is 1.85. The fourth-order valence-electron chi connectivity index (χ4n) is 2.74. The van der Waals surface area contributed by atoms with Gasteiger partial charge in [-0.2, -0.15) is 0 Å². The van der Waals surface area contributed by atoms with E-state index < -0.39 is 6.10 Å². The minimum Gasteiger partial charge on any atom is -0.387 e. The largest absolute Gasteiger partial charge is 0.387 e. The molecule has 3 heteroatoms. The summed E-state index contributed by atoms with van der Waals surface area (Å²) in [5, 5.41) is 10.2. The van der Waals surface area contributed by atoms with Gasteiger partial charge >= 0.3 is 0 Å². The number of hydrogen-bond donors (Lipinski definition) is 2. The molecule has 100 valence electrons. The molecule has 0 amide bonds. The SMILES string of the molecule is CN(CC(O)c1ccccc1)C1CCC(N)CC1. The Hall–Kier alpha value is -0.900. The van der Waals surface area contributed by atoms with Crippen LogP contribution in [-0.4, -0.2) is 35.7 Å². The Labute approximate surface area is 110 Å². The smallest absolute Gasteiger partial charge is 0.0916 e. The number of rotatable bonds is 4. The third-order valence-corrected chi connectivity index (χ3v) is 4.01. The monoisotopic (exact) mass is 248 g/mol. The second kappa shape index (κ2) is 6.32. The lowest BCUT2D eigenvalue weighted by atomic mass is 9.90. The molecule has 1 aromatic carbocycles. The van der Waals surface area contributed by atoms with Gasteiger partial charge in [0.1, 0.15) is 0 Å². The summed E-state index contributed by atoms with van der Waals surface area (Å²) in [6.45, 7) is 0.698. The zero-order valence-electron chi connectivity index (χ0n) is 11.1. The molecule has 1 saturated carbocycles. The van der Waals surface area contributed by atoms with E-state index in [9.17, 15) is 5.11 Å². The normalized spacial score (nSPS) is 26.2. The Bertz CT molecular complexity index is 347. The third kappa shape index (κ3) is 3.55. The van der Waals surface area contributed by atoms with E-state index in [1.165, 1.54) is 0 Å². The number of nitrogens with zero attached hydrogens (tertiary/aromatic N) is 1. The van der Waals surface area contributed by atoms with E-state index in [-0.39, 0.29) is 0 Å². The van der Waals surface area contributed by atoms with Gasteiger partial charge in [0, 0.05) is 18.6 Å². The Kier molecular flexibility index (Phi) is 4.75. The second-order valence-electron chi connectivity index (χ2n) is 5.43. The minimum absolute atomic E-state index is 0.383. The maximum Gasteiger partial charge on any atom is 0.0916 e. The van der Waals surface area contributed by atoms with Crippen LogP contribution in [0, 0.1) is 0 Å². The molecule has 1 aliphatic carbocycles. The summed E-state index contributed by atoms with van der Waals surface area (Å²) < 4.78 is 0. The number of likely N-dealkylation sites (N-methyl/N-ethyl adjacent to an activating group) is 1. The van der Waals surface area contributed by atoms with Crippen LogP contribution in [0.15, 0.2) is 30.3 Å². The first-order valence-electron chi connectivity index (χ1n) is 6.85. The predicted octanol–water partition coefficient (Wildman–Crippen LogP) is 1.92. The molecule has 3 nitrogen and oxygen atoms in total. The molecule has 0 heterocycles. The molecule has 1 aliphatic rings. The molecule has 18 heavy (non-hydrogen) atoms. The van der Waals surface area contributed by atoms with Crippen molar-refractivity contribution in [2.24, 2.45) is 5.73 Å². The summed E-state index contributed by atoms with van der Waals surface area (Å²) in [4.78, 5) is 2.28. The van der Waals surface area contributed by atoms with Crippen molar-refractivity contribution in [3.05, 3.63) is 35.9 Å². The summed E-state index contributed by atoms with van der Waals surface area (Å²) in [6.07, 6.45) is 4.12. The Morgan fingerprint density at radius 1 is 1.22 bits per heavy atom. The van der Waals surface area contributed by atoms with Gasteiger partial charge in [-0.25, -0.2) is 0 Å². The number of aliphatic hydroxyl groups is 1. The molecule has 0 bridgehead atoms. The number of hydrogen-bond acceptors (Lipinski definition) is 3. The van der Waals surface area contributed by atoms with Crippen LogP contribution >= 0.6 is 0 Å². The summed E-state index contributed by atoms with van der Waals surface area (Å²) in [6, 6.07) is 10.8. The van der Waals surface area contributed by atoms with E-state index in [1.54, 1.807) is 0 Å². The van der Waals surface area contributed by atoms with Gasteiger partial charge in [-0.05, 0) is 38.3 Å². The van der Waals surface area contributed by atoms with E-state index in [4.69, 9.17) is 5.73 Å². The topological polar surface area (TPSA) is 49.5 Å². The second-order valence-corrected chi connectivity index (χ2v) is 5.43. The lowest BCUT2D eigenvalue weighted by molar-refractivity contribution is 0.0893. The molecule has 1 atom stereocenters. The van der Waals surface area contributed by atoms with Crippen molar-refractivity contribution < 1.29 is 5.11 Å². The lowest BCUT2D eigenvalue weighted by Crippen LogP contribution is -2.40. The first-order chi connectivity index (χ1) is 8.66. The maximum absolute atomic E-state index is 10.2. The fourth-order valence-corrected chi connectivity index (χ4v) is 2.74. The number of nitrogens with two attached hydrogens (primary N) is 1. The zero-order valence-corrected chi connectivity index (χ0v) is 11.1. The highest BCUT2D eigenvalue weighted by Gasteiger charge is 2.23. The summed E-state index contributed by atoms with van der Waals surface area (Å²) >= 11 is 0. The van der Waals surface area contributed by atoms with Crippen LogP contribution in [0.3, 0.4) is 0 Å². The number of benzene rings is 1. The average Bonchev–Trinajstić information content (AvgIpc) is 2.40. The van der Waals surface area contributed by atoms with Gasteiger partial charge in [-0.1, -0.05) is 30.3 Å². The highest BCUT2D eigenvalue weighted by Crippen LogP contribution is 2.23. The molecule has 0 aliphatic heterocycles. The molecule has 0 radical (unpaired) electrons. The van der Waals surface area contributed by atoms with E-state index >= 15 is 0 Å². The molecule has 1 unspecified atom stereocenters. The van der Waals surface area contributed by atoms with Gasteiger partial charge in [0.25, 0.3) is 0 Å². The van der Waals surface area contributed by atoms with Crippen molar-refractivity contribution >= 4 is 0 Å². The molecular formula is C15H24N2O. The lowest BCUT2D eigenvalue weighted by Gasteiger charge is -2.34. The molecule has 2 rings (SSSR count). The molecule has 1 aromatic rings. The van der Waals surface area contributed by atoms with Crippen molar-refractivity contribution in [2.75, 3.05) is 13.6 Å². The zero-order chi connectivity index (χ0) is 13.0. The van der Waals surface area contributed by atoms with Crippen molar-refractivity contribution in [1.82, 2.24) is 4.90 Å². The van der Waals surface area contributed by atoms with Crippen LogP contribution in [0.1, 0.15) is 37.4 Å². The molecule has 0 aromatic heterocycles. The van der Waals surface area contributed by atoms with Gasteiger partial charge in [0.2, 0.25) is 0 Å². The molecule has 1 fully saturated rings. The predicted molar refractivity (Wildman–Crippen MR) is 74.3 cm³/mol. The van der Waals surface area contributed by atoms with E-state index in [1.807, 2.05) is 30.3 Å². The third-order valence-electron chi connectivity index (χ3n) is 4.01. The van der Waals surface area contributed by atoms with Gasteiger partial charge in [0.05, 0.1) is 6.10 Å². The molecule has 3 N–H and O–H groups in total. The summed E-state index contributed by atoms with van der Waals surface area (Å²) in [7, 11) is 2.10. The first kappa shape index (κ1) is 13.5. The molecular weight excluding hydrogens is 224 g/mol. The highest BCUT2D eigenvalue weighted by atomic mass is 16.3.